The molecule has 0 aliphatic heterocycles. The van der Waals surface area contributed by atoms with E-state index in [4.69, 9.17) is 34.5 Å². The highest BCUT2D eigenvalue weighted by Gasteiger charge is 2.30. The predicted molar refractivity (Wildman–Crippen MR) is 415 cm³/mol. The number of fused-ring (bicyclic) bond motifs is 15. The van der Waals surface area contributed by atoms with E-state index in [-0.39, 0.29) is 52.3 Å². The van der Waals surface area contributed by atoms with Crippen molar-refractivity contribution in [2.24, 2.45) is 0 Å². The van der Waals surface area contributed by atoms with E-state index in [1.807, 2.05) is 81.6 Å². The Kier molecular flexibility index (Phi) is 24.6. The normalized spacial score (nSPS) is 14.1. The zero-order valence-electron chi connectivity index (χ0n) is 60.4. The van der Waals surface area contributed by atoms with Gasteiger partial charge in [0.1, 0.15) is 27.9 Å². The van der Waals surface area contributed by atoms with Crippen LogP contribution in [0, 0.1) is 46.3 Å². The zero-order chi connectivity index (χ0) is 75.7. The predicted octanol–water partition coefficient (Wildman–Crippen LogP) is 8.15. The molecule has 0 bridgehead atoms. The van der Waals surface area contributed by atoms with Crippen molar-refractivity contribution in [1.29, 1.82) is 0 Å². The summed E-state index contributed by atoms with van der Waals surface area (Å²) in [7, 11) is 7.88. The Balaban J connectivity index is 0.000000127. The molecule has 7 aliphatic rings. The van der Waals surface area contributed by atoms with Crippen molar-refractivity contribution in [2.75, 3.05) is 87.9 Å². The molecule has 4 aromatic heterocycles. The lowest BCUT2D eigenvalue weighted by atomic mass is 10.1. The van der Waals surface area contributed by atoms with Crippen molar-refractivity contribution in [3.05, 3.63) is 220 Å². The number of anilines is 6. The first-order valence-corrected chi connectivity index (χ1v) is 36.5. The number of nitrogens with one attached hydrogen (secondary N) is 2. The second-order valence-corrected chi connectivity index (χ2v) is 28.3. The molecule has 0 atom stereocenters. The summed E-state index contributed by atoms with van der Waals surface area (Å²) in [4.78, 5) is 39.6. The number of nitro benzene ring substituents is 2. The highest BCUT2D eigenvalue weighted by Crippen LogP contribution is 2.36. The molecule has 32 heteroatoms. The van der Waals surface area contributed by atoms with Gasteiger partial charge in [-0.15, -0.1) is 0 Å². The smallest absolute Gasteiger partial charge is 0.461 e. The average Bonchev–Trinajstić information content (AvgIpc) is 1.32. The van der Waals surface area contributed by atoms with E-state index in [2.05, 4.69) is 69.1 Å². The Morgan fingerprint density at radius 1 is 0.435 bits per heavy atom. The van der Waals surface area contributed by atoms with Crippen molar-refractivity contribution in [3.63, 3.8) is 0 Å². The van der Waals surface area contributed by atoms with Crippen LogP contribution >= 0.6 is 11.6 Å². The molecule has 31 nitrogen and oxygen atoms in total. The number of halogens is 1. The van der Waals surface area contributed by atoms with Crippen LogP contribution in [0.3, 0.4) is 0 Å². The number of nitrogen functional groups attached to an aromatic ring is 4. The second kappa shape index (κ2) is 34.3. The summed E-state index contributed by atoms with van der Waals surface area (Å²) in [6, 6.07) is 28.5. The van der Waals surface area contributed by atoms with Gasteiger partial charge in [0.15, 0.2) is 5.52 Å². The van der Waals surface area contributed by atoms with Crippen LogP contribution in [0.1, 0.15) is 130 Å². The molecule has 566 valence electrons. The van der Waals surface area contributed by atoms with Crippen LogP contribution in [0.5, 0.6) is 0 Å². The number of nitrogens with zero attached hydrogens (tertiary/aromatic N) is 16. The lowest BCUT2D eigenvalue weighted by molar-refractivity contribution is -0.672. The molecule has 108 heavy (non-hydrogen) atoms. The summed E-state index contributed by atoms with van der Waals surface area (Å²) < 4.78 is 0.720. The van der Waals surface area contributed by atoms with Gasteiger partial charge in [-0.05, 0) is 288 Å². The Labute approximate surface area is 628 Å². The van der Waals surface area contributed by atoms with Crippen LogP contribution in [-0.4, -0.2) is 109 Å². The van der Waals surface area contributed by atoms with Gasteiger partial charge >= 0.3 is 11.5 Å². The highest BCUT2D eigenvalue weighted by atomic mass is 35.5. The Bertz CT molecular complexity index is 5110. The van der Waals surface area contributed by atoms with Crippen molar-refractivity contribution in [3.8, 4) is 0 Å². The first kappa shape index (κ1) is 77.5. The van der Waals surface area contributed by atoms with Crippen molar-refractivity contribution >= 4 is 102 Å². The van der Waals surface area contributed by atoms with Crippen LogP contribution < -0.4 is 57.7 Å². The van der Waals surface area contributed by atoms with E-state index in [1.54, 1.807) is 24.3 Å². The maximum absolute atomic E-state index is 12.4. The standard InChI is InChI=1S/C14H19N5O2.C14H19N5O.C10H8ClN3O.C10H10N4O.2C9H10N2O2.C9H11N.CH4/c1-17(2)9-8-15-14-16-19(21)13-11-5-3-4-10(11)6-7-12(13)18(14)20;1-18(2)9-8-15-14-16-12-7-6-10-4-3-5-11(10)13(12)19(20)17-14;2*11-10-12-8-5-4-6-2-1-3-7(6)9(8)14(15)13-10;10-8-4-6-2-1-3-7(6)5-9(8)11(12)13;10-8-5-4-6-2-1-3-7(6)9(8)11(12)13;10-9-5-4-7-2-1-3-8(7)6-9;/h6-7H,3-5,8-9H2,1-2H3,(H,15,16);6-7H,3-5,8-9H2,1-2H3,(H,15,16,17);4-5H,1-3H2;4-5H,1-3H2,(H2,11,12,13);2*4-5H,1-3,10H2;4-6H,1-3,10H2;1H4. The maximum Gasteiger partial charge on any atom is 0.461 e. The molecular weight excluding hydrogens is 1400 g/mol. The first-order valence-electron chi connectivity index (χ1n) is 36.1. The summed E-state index contributed by atoms with van der Waals surface area (Å²) in [5.74, 6) is 0.472. The fraction of sp³-hybridized carbons (Fsp3) is 0.395. The molecule has 0 spiro atoms. The summed E-state index contributed by atoms with van der Waals surface area (Å²) >= 11 is 5.63. The molecule has 0 unspecified atom stereocenters. The number of benzene rings is 7. The van der Waals surface area contributed by atoms with Crippen LogP contribution in [0.25, 0.3) is 44.1 Å². The number of hydrogen-bond acceptors (Lipinski definition) is 24. The third-order valence-electron chi connectivity index (χ3n) is 20.2. The molecule has 0 saturated carbocycles. The fourth-order valence-electron chi connectivity index (χ4n) is 15.2. The SMILES string of the molecule is C.CN(C)CCNc1n[n+]([O-])c2c3c(ccc2[n+]1[O-])CCC3.CN(C)CCNc1nc2ccc3c(c2[n+]([O-])n1)CCC3.Nc1cc2c(cc1[N+](=O)[O-])CCC2.Nc1ccc2c(c1)CCC2.Nc1ccc2c(c1[N+](=O)[O-])CCC2.Nc1nc2ccc3c(c2[n+]([O-])n1)CCC3.[O-][n+]1nc(Cl)nc2ccc3c(c21)CCC3. The molecule has 18 rings (SSSR count). The van der Waals surface area contributed by atoms with Crippen molar-refractivity contribution in [2.45, 2.75) is 142 Å². The van der Waals surface area contributed by atoms with Gasteiger partial charge in [-0.2, -0.15) is 0 Å². The van der Waals surface area contributed by atoms with E-state index in [0.29, 0.717) is 72.2 Å². The van der Waals surface area contributed by atoms with Crippen LogP contribution in [0.15, 0.2) is 91.0 Å². The van der Waals surface area contributed by atoms with Gasteiger partial charge in [0.05, 0.1) is 26.6 Å². The van der Waals surface area contributed by atoms with Crippen molar-refractivity contribution < 1.29 is 34.0 Å². The van der Waals surface area contributed by atoms with Crippen LogP contribution in [0.4, 0.5) is 46.3 Å². The minimum atomic E-state index is -0.423. The largest absolute Gasteiger partial charge is 0.739 e. The van der Waals surface area contributed by atoms with E-state index >= 15 is 0 Å². The summed E-state index contributed by atoms with van der Waals surface area (Å²) in [5.41, 5.74) is 44.7. The minimum absolute atomic E-state index is 0. The molecule has 10 N–H and O–H groups in total. The maximum atomic E-state index is 12.4. The van der Waals surface area contributed by atoms with Gasteiger partial charge in [-0.25, -0.2) is 19.7 Å². The van der Waals surface area contributed by atoms with Crippen molar-refractivity contribution in [1.82, 2.24) is 45.1 Å². The number of nitrogens with two attached hydrogens (primary N) is 4. The van der Waals surface area contributed by atoms with Gasteiger partial charge in [0, 0.05) is 69.1 Å². The van der Waals surface area contributed by atoms with E-state index < -0.39 is 4.92 Å². The highest BCUT2D eigenvalue weighted by molar-refractivity contribution is 6.28. The fourth-order valence-corrected chi connectivity index (χ4v) is 15.3. The molecule has 0 radical (unpaired) electrons. The third-order valence-corrected chi connectivity index (χ3v) is 20.4. The van der Waals surface area contributed by atoms with Crippen LogP contribution in [-0.2, 0) is 89.9 Å². The van der Waals surface area contributed by atoms with Gasteiger partial charge in [0.2, 0.25) is 5.10 Å². The molecule has 11 aromatic rings. The van der Waals surface area contributed by atoms with E-state index in [9.17, 15) is 46.3 Å². The lowest BCUT2D eigenvalue weighted by Gasteiger charge is -2.12. The summed E-state index contributed by atoms with van der Waals surface area (Å²) in [6.45, 7) is 2.88. The molecule has 0 saturated heterocycles. The summed E-state index contributed by atoms with van der Waals surface area (Å²) in [6.07, 6.45) is 21.6. The Morgan fingerprint density at radius 2 is 0.852 bits per heavy atom. The molecular formula is C76H91ClN22O9. The number of hydrogen-bond donors (Lipinski definition) is 6. The van der Waals surface area contributed by atoms with Crippen LogP contribution in [0.2, 0.25) is 5.28 Å². The quantitative estimate of drug-likeness (QED) is 0.0247. The summed E-state index contributed by atoms with van der Waals surface area (Å²) in [5, 5.41) is 102. The number of likely N-dealkylation sites (N-methyl/N-ethyl adjacent to an activating group) is 2. The molecule has 4 heterocycles. The zero-order valence-corrected chi connectivity index (χ0v) is 61.1. The molecule has 0 fully saturated rings. The van der Waals surface area contributed by atoms with E-state index in [0.717, 1.165) is 194 Å². The van der Waals surface area contributed by atoms with Gasteiger partial charge in [-0.1, -0.05) is 43.8 Å². The average molecular weight is 1490 g/mol. The topological polar surface area (TPSA) is 446 Å². The number of nitro groups is 2. The Morgan fingerprint density at radius 3 is 1.40 bits per heavy atom. The number of rotatable bonds is 10. The third kappa shape index (κ3) is 17.6. The van der Waals surface area contributed by atoms with Gasteiger partial charge in [0.25, 0.3) is 45.1 Å². The van der Waals surface area contributed by atoms with Gasteiger partial charge < -0.3 is 64.1 Å². The monoisotopic (exact) mass is 1490 g/mol. The minimum Gasteiger partial charge on any atom is -0.739 e. The lowest BCUT2D eigenvalue weighted by Crippen LogP contribution is -2.45. The molecule has 7 aromatic carbocycles. The number of aryl methyl sites for hydroxylation is 13. The second-order valence-electron chi connectivity index (χ2n) is 28.0. The van der Waals surface area contributed by atoms with E-state index in [1.165, 1.54) is 52.6 Å². The number of aromatic nitrogens is 12. The van der Waals surface area contributed by atoms with Gasteiger partial charge in [-0.3, -0.25) is 25.5 Å². The first-order chi connectivity index (χ1) is 51.5. The Hall–Kier alpha value is -11.6. The molecule has 0 amide bonds. The molecule has 7 aliphatic carbocycles.